The van der Waals surface area contributed by atoms with Crippen LogP contribution in [0.15, 0.2) is 18.2 Å². The summed E-state index contributed by atoms with van der Waals surface area (Å²) in [6, 6.07) is 5.63. The zero-order chi connectivity index (χ0) is 14.7. The fraction of sp³-hybridized carbons (Fsp3) is 0.625. The van der Waals surface area contributed by atoms with Crippen LogP contribution in [0.4, 0.5) is 10.1 Å². The van der Waals surface area contributed by atoms with Gasteiger partial charge in [0.1, 0.15) is 11.6 Å². The Hall–Kier alpha value is -1.29. The molecule has 20 heavy (non-hydrogen) atoms. The molecule has 112 valence electrons. The third-order valence-electron chi connectivity index (χ3n) is 4.39. The summed E-state index contributed by atoms with van der Waals surface area (Å²) in [5, 5.41) is 3.57. The van der Waals surface area contributed by atoms with Crippen molar-refractivity contribution in [2.45, 2.75) is 39.3 Å². The molecule has 1 aliphatic rings. The lowest BCUT2D eigenvalue weighted by atomic mass is 9.95. The van der Waals surface area contributed by atoms with Crippen LogP contribution in [0.1, 0.15) is 27.2 Å². The first kappa shape index (κ1) is 15.1. The Bertz CT molecular complexity index is 452. The number of anilines is 1. The normalized spacial score (nSPS) is 24.6. The lowest BCUT2D eigenvalue weighted by Crippen LogP contribution is -2.57. The van der Waals surface area contributed by atoms with Gasteiger partial charge in [0.05, 0.1) is 12.8 Å². The lowest BCUT2D eigenvalue weighted by Gasteiger charge is -2.42. The van der Waals surface area contributed by atoms with Crippen molar-refractivity contribution in [1.82, 2.24) is 5.32 Å². The molecular weight excluding hydrogens is 255 g/mol. The molecule has 0 amide bonds. The van der Waals surface area contributed by atoms with Crippen LogP contribution in [-0.4, -0.2) is 32.3 Å². The predicted octanol–water partition coefficient (Wildman–Crippen LogP) is 3.05. The van der Waals surface area contributed by atoms with Gasteiger partial charge in [0.15, 0.2) is 0 Å². The highest BCUT2D eigenvalue weighted by atomic mass is 19.1. The molecule has 1 aromatic rings. The van der Waals surface area contributed by atoms with Crippen molar-refractivity contribution in [3.63, 3.8) is 0 Å². The minimum Gasteiger partial charge on any atom is -0.497 e. The average Bonchev–Trinajstić information content (AvgIpc) is 2.48. The van der Waals surface area contributed by atoms with Gasteiger partial charge in [0.25, 0.3) is 0 Å². The van der Waals surface area contributed by atoms with E-state index >= 15 is 0 Å². The standard InChI is InChI=1S/C16H25FN2O/c1-5-11(2)15-10-19(12(3)9-18-15)16-8-13(20-4)6-7-14(16)17/h6-8,11-12,15,18H,5,9-10H2,1-4H3. The van der Waals surface area contributed by atoms with Crippen LogP contribution in [0, 0.1) is 11.7 Å². The Balaban J connectivity index is 2.24. The van der Waals surface area contributed by atoms with E-state index in [0.717, 1.165) is 19.5 Å². The van der Waals surface area contributed by atoms with E-state index in [-0.39, 0.29) is 11.9 Å². The van der Waals surface area contributed by atoms with Gasteiger partial charge in [-0.25, -0.2) is 4.39 Å². The zero-order valence-corrected chi connectivity index (χ0v) is 12.8. The van der Waals surface area contributed by atoms with Crippen molar-refractivity contribution in [2.75, 3.05) is 25.1 Å². The van der Waals surface area contributed by atoms with Crippen LogP contribution in [0.2, 0.25) is 0 Å². The van der Waals surface area contributed by atoms with Crippen LogP contribution in [0.3, 0.4) is 0 Å². The summed E-state index contributed by atoms with van der Waals surface area (Å²) in [4.78, 5) is 2.16. The number of hydrogen-bond donors (Lipinski definition) is 1. The van der Waals surface area contributed by atoms with Crippen molar-refractivity contribution in [2.24, 2.45) is 5.92 Å². The topological polar surface area (TPSA) is 24.5 Å². The number of methoxy groups -OCH3 is 1. The number of nitrogens with zero attached hydrogens (tertiary/aromatic N) is 1. The van der Waals surface area contributed by atoms with Crippen LogP contribution in [-0.2, 0) is 0 Å². The lowest BCUT2D eigenvalue weighted by molar-refractivity contribution is 0.314. The van der Waals surface area contributed by atoms with Crippen molar-refractivity contribution in [1.29, 1.82) is 0 Å². The average molecular weight is 280 g/mol. The number of rotatable bonds is 4. The van der Waals surface area contributed by atoms with Crippen molar-refractivity contribution in [3.05, 3.63) is 24.0 Å². The smallest absolute Gasteiger partial charge is 0.146 e. The van der Waals surface area contributed by atoms with Crippen LogP contribution in [0.5, 0.6) is 5.75 Å². The predicted molar refractivity (Wildman–Crippen MR) is 81.0 cm³/mol. The van der Waals surface area contributed by atoms with Gasteiger partial charge in [-0.05, 0) is 25.0 Å². The third kappa shape index (κ3) is 3.06. The number of hydrogen-bond acceptors (Lipinski definition) is 3. The molecule has 2 rings (SSSR count). The summed E-state index contributed by atoms with van der Waals surface area (Å²) in [6.45, 7) is 8.28. The maximum absolute atomic E-state index is 14.2. The number of ether oxygens (including phenoxy) is 1. The molecular formula is C16H25FN2O. The summed E-state index contributed by atoms with van der Waals surface area (Å²) < 4.78 is 19.4. The Morgan fingerprint density at radius 1 is 1.50 bits per heavy atom. The molecule has 0 aliphatic carbocycles. The number of halogens is 1. The fourth-order valence-corrected chi connectivity index (χ4v) is 2.73. The molecule has 1 saturated heterocycles. The first-order valence-corrected chi connectivity index (χ1v) is 7.40. The number of nitrogens with one attached hydrogen (secondary N) is 1. The van der Waals surface area contributed by atoms with Gasteiger partial charge in [-0.15, -0.1) is 0 Å². The molecule has 0 bridgehead atoms. The quantitative estimate of drug-likeness (QED) is 0.917. The monoisotopic (exact) mass is 280 g/mol. The molecule has 0 aromatic heterocycles. The van der Waals surface area contributed by atoms with Gasteiger partial charge >= 0.3 is 0 Å². The van der Waals surface area contributed by atoms with E-state index in [0.29, 0.717) is 23.4 Å². The van der Waals surface area contributed by atoms with E-state index in [1.54, 1.807) is 19.2 Å². The van der Waals surface area contributed by atoms with E-state index in [2.05, 4.69) is 31.0 Å². The van der Waals surface area contributed by atoms with E-state index in [9.17, 15) is 4.39 Å². The van der Waals surface area contributed by atoms with Crippen molar-refractivity contribution < 1.29 is 9.13 Å². The molecule has 4 heteroatoms. The van der Waals surface area contributed by atoms with Crippen molar-refractivity contribution in [3.8, 4) is 5.75 Å². The number of piperazine rings is 1. The Kier molecular flexibility index (Phi) is 4.86. The van der Waals surface area contributed by atoms with Gasteiger partial charge < -0.3 is 15.0 Å². The van der Waals surface area contributed by atoms with Gasteiger partial charge in [0.2, 0.25) is 0 Å². The second-order valence-electron chi connectivity index (χ2n) is 5.72. The Morgan fingerprint density at radius 3 is 2.90 bits per heavy atom. The highest BCUT2D eigenvalue weighted by Crippen LogP contribution is 2.29. The molecule has 0 radical (unpaired) electrons. The second-order valence-corrected chi connectivity index (χ2v) is 5.72. The number of benzene rings is 1. The van der Waals surface area contributed by atoms with Gasteiger partial charge in [0, 0.05) is 31.2 Å². The molecule has 3 nitrogen and oxygen atoms in total. The zero-order valence-electron chi connectivity index (χ0n) is 12.8. The second kappa shape index (κ2) is 6.44. The minimum atomic E-state index is -0.178. The van der Waals surface area contributed by atoms with E-state index in [1.807, 2.05) is 0 Å². The SMILES string of the molecule is CCC(C)C1CN(c2cc(OC)ccc2F)C(C)CN1. The van der Waals surface area contributed by atoms with E-state index in [4.69, 9.17) is 4.74 Å². The Morgan fingerprint density at radius 2 is 2.25 bits per heavy atom. The molecule has 1 fully saturated rings. The molecule has 1 aromatic carbocycles. The molecule has 0 saturated carbocycles. The molecule has 0 spiro atoms. The van der Waals surface area contributed by atoms with Gasteiger partial charge in [-0.1, -0.05) is 20.3 Å². The third-order valence-corrected chi connectivity index (χ3v) is 4.39. The summed E-state index contributed by atoms with van der Waals surface area (Å²) in [6.07, 6.45) is 1.13. The van der Waals surface area contributed by atoms with E-state index < -0.39 is 0 Å². The summed E-state index contributed by atoms with van der Waals surface area (Å²) in [5.74, 6) is 1.10. The maximum atomic E-state index is 14.2. The minimum absolute atomic E-state index is 0.178. The highest BCUT2D eigenvalue weighted by Gasteiger charge is 2.29. The van der Waals surface area contributed by atoms with Crippen LogP contribution < -0.4 is 15.0 Å². The molecule has 1 aliphatic heterocycles. The molecule has 3 unspecified atom stereocenters. The van der Waals surface area contributed by atoms with Crippen LogP contribution >= 0.6 is 0 Å². The molecule has 1 N–H and O–H groups in total. The largest absolute Gasteiger partial charge is 0.497 e. The first-order chi connectivity index (χ1) is 9.56. The molecule has 3 atom stereocenters. The van der Waals surface area contributed by atoms with Gasteiger partial charge in [-0.2, -0.15) is 0 Å². The van der Waals surface area contributed by atoms with E-state index in [1.165, 1.54) is 6.07 Å². The maximum Gasteiger partial charge on any atom is 0.146 e. The summed E-state index contributed by atoms with van der Waals surface area (Å²) >= 11 is 0. The highest BCUT2D eigenvalue weighted by molar-refractivity contribution is 5.53. The van der Waals surface area contributed by atoms with Crippen molar-refractivity contribution >= 4 is 5.69 Å². The fourth-order valence-electron chi connectivity index (χ4n) is 2.73. The van der Waals surface area contributed by atoms with Gasteiger partial charge in [-0.3, -0.25) is 0 Å². The van der Waals surface area contributed by atoms with Crippen LogP contribution in [0.25, 0.3) is 0 Å². The summed E-state index contributed by atoms with van der Waals surface area (Å²) in [5.41, 5.74) is 0.645. The summed E-state index contributed by atoms with van der Waals surface area (Å²) in [7, 11) is 1.61. The Labute approximate surface area is 121 Å². The molecule has 1 heterocycles. The first-order valence-electron chi connectivity index (χ1n) is 7.40.